The Morgan fingerprint density at radius 1 is 1.38 bits per heavy atom. The standard InChI is InChI=1S/C10H10NO2/c1-13-9-4-2-3-8-7(9)5-6-10(12)11-8/h2-4H,5-6H2,1H3. The minimum Gasteiger partial charge on any atom is -0.496 e. The minimum absolute atomic E-state index is 0.0410. The number of ether oxygens (including phenoxy) is 1. The van der Waals surface area contributed by atoms with Crippen LogP contribution < -0.4 is 10.1 Å². The van der Waals surface area contributed by atoms with Crippen molar-refractivity contribution in [1.82, 2.24) is 5.32 Å². The highest BCUT2D eigenvalue weighted by Gasteiger charge is 2.19. The predicted octanol–water partition coefficient (Wildman–Crippen LogP) is 1.40. The van der Waals surface area contributed by atoms with Crippen molar-refractivity contribution < 1.29 is 9.53 Å². The van der Waals surface area contributed by atoms with E-state index < -0.39 is 0 Å². The molecule has 0 saturated heterocycles. The normalized spacial score (nSPS) is 14.7. The van der Waals surface area contributed by atoms with Crippen molar-refractivity contribution in [2.24, 2.45) is 0 Å². The van der Waals surface area contributed by atoms with Gasteiger partial charge in [0.25, 0.3) is 0 Å². The molecular weight excluding hydrogens is 166 g/mol. The molecule has 0 aliphatic carbocycles. The van der Waals surface area contributed by atoms with E-state index in [4.69, 9.17) is 4.74 Å². The number of hydrogen-bond donors (Lipinski definition) is 0. The maximum Gasteiger partial charge on any atom is 0.246 e. The molecule has 1 heterocycles. The lowest BCUT2D eigenvalue weighted by Gasteiger charge is -2.16. The van der Waals surface area contributed by atoms with Gasteiger partial charge in [-0.2, -0.15) is 0 Å². The number of rotatable bonds is 1. The molecule has 1 aromatic rings. The third-order valence-corrected chi connectivity index (χ3v) is 2.16. The summed E-state index contributed by atoms with van der Waals surface area (Å²) in [6.07, 6.45) is 1.23. The summed E-state index contributed by atoms with van der Waals surface area (Å²) in [5.74, 6) is 0.787. The molecule has 0 atom stereocenters. The van der Waals surface area contributed by atoms with Crippen LogP contribution in [0.3, 0.4) is 0 Å². The topological polar surface area (TPSA) is 40.4 Å². The van der Waals surface area contributed by atoms with Crippen molar-refractivity contribution >= 4 is 11.6 Å². The van der Waals surface area contributed by atoms with E-state index in [2.05, 4.69) is 5.32 Å². The fourth-order valence-corrected chi connectivity index (χ4v) is 1.52. The molecule has 0 aromatic heterocycles. The highest BCUT2D eigenvalue weighted by atomic mass is 16.5. The molecule has 0 bridgehead atoms. The Morgan fingerprint density at radius 2 is 2.23 bits per heavy atom. The lowest BCUT2D eigenvalue weighted by atomic mass is 10.0. The summed E-state index contributed by atoms with van der Waals surface area (Å²) in [5, 5.41) is 3.94. The molecule has 0 N–H and O–H groups in total. The molecule has 1 radical (unpaired) electrons. The van der Waals surface area contributed by atoms with E-state index in [1.807, 2.05) is 18.2 Å². The van der Waals surface area contributed by atoms with Crippen molar-refractivity contribution in [1.29, 1.82) is 0 Å². The first-order valence-electron chi connectivity index (χ1n) is 4.21. The molecule has 0 saturated carbocycles. The molecule has 2 rings (SSSR count). The quantitative estimate of drug-likeness (QED) is 0.649. The third-order valence-electron chi connectivity index (χ3n) is 2.16. The van der Waals surface area contributed by atoms with Gasteiger partial charge >= 0.3 is 0 Å². The number of fused-ring (bicyclic) bond motifs is 1. The summed E-state index contributed by atoms with van der Waals surface area (Å²) in [4.78, 5) is 11.0. The lowest BCUT2D eigenvalue weighted by Crippen LogP contribution is -2.18. The van der Waals surface area contributed by atoms with E-state index in [0.29, 0.717) is 6.42 Å². The zero-order valence-electron chi connectivity index (χ0n) is 7.41. The summed E-state index contributed by atoms with van der Waals surface area (Å²) in [6, 6.07) is 5.58. The van der Waals surface area contributed by atoms with Gasteiger partial charge in [-0.05, 0) is 18.6 Å². The van der Waals surface area contributed by atoms with Crippen LogP contribution in [0.2, 0.25) is 0 Å². The van der Waals surface area contributed by atoms with E-state index in [0.717, 1.165) is 23.4 Å². The fourth-order valence-electron chi connectivity index (χ4n) is 1.52. The number of nitrogens with zero attached hydrogens (tertiary/aromatic N) is 1. The van der Waals surface area contributed by atoms with Crippen molar-refractivity contribution in [2.45, 2.75) is 12.8 Å². The van der Waals surface area contributed by atoms with E-state index in [-0.39, 0.29) is 5.91 Å². The van der Waals surface area contributed by atoms with Crippen LogP contribution in [-0.2, 0) is 11.2 Å². The van der Waals surface area contributed by atoms with Gasteiger partial charge in [0, 0.05) is 12.0 Å². The maximum absolute atomic E-state index is 11.0. The first-order chi connectivity index (χ1) is 6.31. The molecule has 1 aliphatic heterocycles. The predicted molar refractivity (Wildman–Crippen MR) is 48.1 cm³/mol. The molecule has 13 heavy (non-hydrogen) atoms. The van der Waals surface area contributed by atoms with E-state index in [1.54, 1.807) is 7.11 Å². The van der Waals surface area contributed by atoms with Crippen LogP contribution in [0.1, 0.15) is 12.0 Å². The van der Waals surface area contributed by atoms with Gasteiger partial charge in [0.05, 0.1) is 12.8 Å². The second kappa shape index (κ2) is 3.09. The Bertz CT molecular complexity index is 347. The molecule has 3 heteroatoms. The Kier molecular flexibility index (Phi) is 1.93. The molecule has 1 aliphatic rings. The Hall–Kier alpha value is -1.51. The molecule has 1 aromatic carbocycles. The Morgan fingerprint density at radius 3 is 3.00 bits per heavy atom. The number of carbonyl (C=O) groups is 1. The highest BCUT2D eigenvalue weighted by Crippen LogP contribution is 2.30. The Labute approximate surface area is 76.7 Å². The van der Waals surface area contributed by atoms with Crippen molar-refractivity contribution in [2.75, 3.05) is 7.11 Å². The Balaban J connectivity index is 2.45. The monoisotopic (exact) mass is 176 g/mol. The maximum atomic E-state index is 11.0. The molecule has 0 unspecified atom stereocenters. The first kappa shape index (κ1) is 8.10. The fraction of sp³-hybridized carbons (Fsp3) is 0.300. The van der Waals surface area contributed by atoms with Crippen LogP contribution in [0.25, 0.3) is 0 Å². The SMILES string of the molecule is COc1cccc2c1CCC(=O)[N]2. The molecule has 3 nitrogen and oxygen atoms in total. The van der Waals surface area contributed by atoms with Crippen LogP contribution in [0, 0.1) is 0 Å². The van der Waals surface area contributed by atoms with Gasteiger partial charge < -0.3 is 4.74 Å². The van der Waals surface area contributed by atoms with Crippen LogP contribution in [-0.4, -0.2) is 13.0 Å². The number of methoxy groups -OCH3 is 1. The van der Waals surface area contributed by atoms with Gasteiger partial charge in [0.2, 0.25) is 5.91 Å². The van der Waals surface area contributed by atoms with Gasteiger partial charge in [-0.15, -0.1) is 0 Å². The van der Waals surface area contributed by atoms with E-state index in [9.17, 15) is 4.79 Å². The summed E-state index contributed by atoms with van der Waals surface area (Å²) in [7, 11) is 1.63. The van der Waals surface area contributed by atoms with E-state index in [1.165, 1.54) is 0 Å². The molecule has 67 valence electrons. The zero-order valence-corrected chi connectivity index (χ0v) is 7.41. The number of amides is 1. The lowest BCUT2D eigenvalue weighted by molar-refractivity contribution is -0.120. The molecule has 1 amide bonds. The summed E-state index contributed by atoms with van der Waals surface area (Å²) in [5.41, 5.74) is 1.81. The second-order valence-electron chi connectivity index (χ2n) is 2.96. The molecule has 0 spiro atoms. The molecule has 0 fully saturated rings. The third kappa shape index (κ3) is 1.37. The number of benzene rings is 1. The van der Waals surface area contributed by atoms with Gasteiger partial charge in [0.1, 0.15) is 5.75 Å². The minimum atomic E-state index is -0.0410. The summed E-state index contributed by atoms with van der Waals surface area (Å²) >= 11 is 0. The largest absolute Gasteiger partial charge is 0.496 e. The summed E-state index contributed by atoms with van der Waals surface area (Å²) in [6.45, 7) is 0. The zero-order chi connectivity index (χ0) is 9.26. The second-order valence-corrected chi connectivity index (χ2v) is 2.96. The average Bonchev–Trinajstić information content (AvgIpc) is 2.16. The van der Waals surface area contributed by atoms with Gasteiger partial charge in [-0.1, -0.05) is 6.07 Å². The van der Waals surface area contributed by atoms with Crippen LogP contribution in [0.4, 0.5) is 5.69 Å². The van der Waals surface area contributed by atoms with Crippen LogP contribution >= 0.6 is 0 Å². The smallest absolute Gasteiger partial charge is 0.246 e. The van der Waals surface area contributed by atoms with Crippen molar-refractivity contribution in [3.63, 3.8) is 0 Å². The van der Waals surface area contributed by atoms with Gasteiger partial charge in [-0.25, -0.2) is 5.32 Å². The van der Waals surface area contributed by atoms with Gasteiger partial charge in [-0.3, -0.25) is 4.79 Å². The summed E-state index contributed by atoms with van der Waals surface area (Å²) < 4.78 is 5.18. The first-order valence-corrected chi connectivity index (χ1v) is 4.21. The van der Waals surface area contributed by atoms with Crippen LogP contribution in [0.5, 0.6) is 5.75 Å². The number of carbonyl (C=O) groups excluding carboxylic acids is 1. The van der Waals surface area contributed by atoms with E-state index >= 15 is 0 Å². The van der Waals surface area contributed by atoms with Gasteiger partial charge in [0.15, 0.2) is 0 Å². The van der Waals surface area contributed by atoms with Crippen molar-refractivity contribution in [3.8, 4) is 5.75 Å². The number of hydrogen-bond acceptors (Lipinski definition) is 2. The molecular formula is C10H10NO2. The van der Waals surface area contributed by atoms with Crippen LogP contribution in [0.15, 0.2) is 18.2 Å². The highest BCUT2D eigenvalue weighted by molar-refractivity contribution is 5.84. The average molecular weight is 176 g/mol. The van der Waals surface area contributed by atoms with Crippen molar-refractivity contribution in [3.05, 3.63) is 23.8 Å².